The van der Waals surface area contributed by atoms with Crippen molar-refractivity contribution < 1.29 is 4.74 Å². The van der Waals surface area contributed by atoms with E-state index in [4.69, 9.17) is 4.74 Å². The highest BCUT2D eigenvalue weighted by molar-refractivity contribution is 7.78. The van der Waals surface area contributed by atoms with Gasteiger partial charge in [-0.2, -0.15) is 4.99 Å². The van der Waals surface area contributed by atoms with E-state index in [2.05, 4.69) is 22.4 Å². The standard InChI is InChI=1S/C14H11NOS/c17-11-15-10-16-14-9-5-4-8-13(14)12-6-2-1-3-7-12/h1-9H,10H2. The number of hydrogen-bond donors (Lipinski definition) is 0. The maximum atomic E-state index is 5.54. The molecule has 0 spiro atoms. The molecule has 0 N–H and O–H groups in total. The Morgan fingerprint density at radius 3 is 2.47 bits per heavy atom. The Morgan fingerprint density at radius 2 is 1.71 bits per heavy atom. The summed E-state index contributed by atoms with van der Waals surface area (Å²) in [6, 6.07) is 17.9. The van der Waals surface area contributed by atoms with Crippen LogP contribution in [0.4, 0.5) is 0 Å². The number of isothiocyanates is 1. The van der Waals surface area contributed by atoms with Crippen molar-refractivity contribution >= 4 is 17.4 Å². The quantitative estimate of drug-likeness (QED) is 0.600. The first-order valence-electron chi connectivity index (χ1n) is 5.22. The van der Waals surface area contributed by atoms with E-state index in [9.17, 15) is 0 Å². The summed E-state index contributed by atoms with van der Waals surface area (Å²) in [5.41, 5.74) is 2.17. The Hall–Kier alpha value is -1.96. The molecule has 0 amide bonds. The van der Waals surface area contributed by atoms with Crippen molar-refractivity contribution in [3.05, 3.63) is 54.6 Å². The molecule has 0 bridgehead atoms. The van der Waals surface area contributed by atoms with Crippen LogP contribution in [-0.2, 0) is 0 Å². The van der Waals surface area contributed by atoms with Crippen LogP contribution in [0, 0.1) is 0 Å². The lowest BCUT2D eigenvalue weighted by Gasteiger charge is -2.09. The smallest absolute Gasteiger partial charge is 0.188 e. The van der Waals surface area contributed by atoms with Crippen molar-refractivity contribution in [2.75, 3.05) is 6.73 Å². The monoisotopic (exact) mass is 241 g/mol. The molecule has 2 rings (SSSR count). The second kappa shape index (κ2) is 5.94. The number of aliphatic imine (C=N–C) groups is 1. The molecule has 17 heavy (non-hydrogen) atoms. The summed E-state index contributed by atoms with van der Waals surface area (Å²) in [4.78, 5) is 3.74. The van der Waals surface area contributed by atoms with Crippen molar-refractivity contribution in [1.82, 2.24) is 0 Å². The highest BCUT2D eigenvalue weighted by Crippen LogP contribution is 2.29. The van der Waals surface area contributed by atoms with E-state index in [0.717, 1.165) is 16.9 Å². The third kappa shape index (κ3) is 3.00. The first-order chi connectivity index (χ1) is 8.42. The summed E-state index contributed by atoms with van der Waals surface area (Å²) in [7, 11) is 0. The van der Waals surface area contributed by atoms with Crippen LogP contribution in [-0.4, -0.2) is 11.9 Å². The molecule has 0 saturated heterocycles. The molecule has 0 atom stereocenters. The molecule has 0 unspecified atom stereocenters. The maximum Gasteiger partial charge on any atom is 0.188 e. The topological polar surface area (TPSA) is 21.6 Å². The maximum absolute atomic E-state index is 5.54. The van der Waals surface area contributed by atoms with Crippen LogP contribution in [0.5, 0.6) is 5.75 Å². The van der Waals surface area contributed by atoms with Gasteiger partial charge >= 0.3 is 0 Å². The van der Waals surface area contributed by atoms with Gasteiger partial charge in [-0.1, -0.05) is 48.5 Å². The highest BCUT2D eigenvalue weighted by atomic mass is 32.1. The first-order valence-corrected chi connectivity index (χ1v) is 5.63. The van der Waals surface area contributed by atoms with E-state index in [1.54, 1.807) is 0 Å². The molecule has 0 aromatic heterocycles. The van der Waals surface area contributed by atoms with Crippen LogP contribution in [0.15, 0.2) is 59.6 Å². The average molecular weight is 241 g/mol. The Bertz CT molecular complexity index is 533. The molecule has 0 fully saturated rings. The van der Waals surface area contributed by atoms with Gasteiger partial charge in [0.05, 0.1) is 5.16 Å². The summed E-state index contributed by atoms with van der Waals surface area (Å²) in [6.07, 6.45) is 0. The lowest BCUT2D eigenvalue weighted by atomic mass is 10.1. The minimum absolute atomic E-state index is 0.202. The molecule has 2 nitrogen and oxygen atoms in total. The molecule has 84 valence electrons. The van der Waals surface area contributed by atoms with Gasteiger partial charge in [0.2, 0.25) is 0 Å². The zero-order chi connectivity index (χ0) is 11.9. The number of para-hydroxylation sites is 1. The predicted octanol–water partition coefficient (Wildman–Crippen LogP) is 3.79. The minimum Gasteiger partial charge on any atom is -0.470 e. The molecule has 0 aliphatic carbocycles. The van der Waals surface area contributed by atoms with Crippen molar-refractivity contribution in [1.29, 1.82) is 0 Å². The molecule has 0 radical (unpaired) electrons. The molecule has 0 aliphatic rings. The van der Waals surface area contributed by atoms with E-state index < -0.39 is 0 Å². The summed E-state index contributed by atoms with van der Waals surface area (Å²) in [6.45, 7) is 0.202. The van der Waals surface area contributed by atoms with Gasteiger partial charge in [-0.15, -0.1) is 0 Å². The molecule has 0 heterocycles. The van der Waals surface area contributed by atoms with Crippen LogP contribution in [0.25, 0.3) is 11.1 Å². The number of thiocarbonyl (C=S) groups is 1. The van der Waals surface area contributed by atoms with E-state index in [0.29, 0.717) is 0 Å². The van der Waals surface area contributed by atoms with Gasteiger partial charge in [0.1, 0.15) is 5.75 Å². The van der Waals surface area contributed by atoms with Gasteiger partial charge in [0.25, 0.3) is 0 Å². The Morgan fingerprint density at radius 1 is 1.00 bits per heavy atom. The van der Waals surface area contributed by atoms with Crippen LogP contribution in [0.1, 0.15) is 0 Å². The van der Waals surface area contributed by atoms with Gasteiger partial charge in [-0.25, -0.2) is 0 Å². The van der Waals surface area contributed by atoms with E-state index in [1.807, 2.05) is 54.6 Å². The second-order valence-corrected chi connectivity index (χ2v) is 3.57. The van der Waals surface area contributed by atoms with Gasteiger partial charge in [-0.05, 0) is 23.8 Å². The zero-order valence-corrected chi connectivity index (χ0v) is 9.98. The van der Waals surface area contributed by atoms with Crippen LogP contribution < -0.4 is 4.74 Å². The fourth-order valence-corrected chi connectivity index (χ4v) is 1.63. The second-order valence-electron chi connectivity index (χ2n) is 3.39. The number of nitrogens with zero attached hydrogens (tertiary/aromatic N) is 1. The van der Waals surface area contributed by atoms with E-state index in [-0.39, 0.29) is 6.73 Å². The van der Waals surface area contributed by atoms with Crippen LogP contribution in [0.2, 0.25) is 0 Å². The predicted molar refractivity (Wildman–Crippen MR) is 72.4 cm³/mol. The van der Waals surface area contributed by atoms with E-state index >= 15 is 0 Å². The lowest BCUT2D eigenvalue weighted by molar-refractivity contribution is 0.334. The number of benzene rings is 2. The molecular weight excluding hydrogens is 230 g/mol. The SMILES string of the molecule is S=C=NCOc1ccccc1-c1ccccc1. The van der Waals surface area contributed by atoms with E-state index in [1.165, 1.54) is 0 Å². The Labute approximate surface area is 106 Å². The summed E-state index contributed by atoms with van der Waals surface area (Å²) < 4.78 is 5.54. The Kier molecular flexibility index (Phi) is 4.03. The molecule has 0 aliphatic heterocycles. The highest BCUT2D eigenvalue weighted by Gasteiger charge is 2.04. The number of hydrogen-bond acceptors (Lipinski definition) is 3. The van der Waals surface area contributed by atoms with Crippen molar-refractivity contribution in [2.45, 2.75) is 0 Å². The van der Waals surface area contributed by atoms with Crippen molar-refractivity contribution in [3.8, 4) is 16.9 Å². The number of rotatable bonds is 4. The minimum atomic E-state index is 0.202. The summed E-state index contributed by atoms with van der Waals surface area (Å²) in [5, 5.41) is 2.28. The summed E-state index contributed by atoms with van der Waals surface area (Å²) >= 11 is 4.50. The number of ether oxygens (including phenoxy) is 1. The van der Waals surface area contributed by atoms with Gasteiger partial charge in [0.15, 0.2) is 6.73 Å². The van der Waals surface area contributed by atoms with Crippen LogP contribution >= 0.6 is 12.2 Å². The molecule has 2 aromatic rings. The Balaban J connectivity index is 2.31. The van der Waals surface area contributed by atoms with Crippen LogP contribution in [0.3, 0.4) is 0 Å². The molecule has 3 heteroatoms. The summed E-state index contributed by atoms with van der Waals surface area (Å²) in [5.74, 6) is 0.799. The third-order valence-electron chi connectivity index (χ3n) is 2.32. The van der Waals surface area contributed by atoms with Gasteiger partial charge < -0.3 is 4.74 Å². The molecular formula is C14H11NOS. The van der Waals surface area contributed by atoms with Gasteiger partial charge in [0, 0.05) is 5.56 Å². The average Bonchev–Trinajstić information content (AvgIpc) is 2.41. The van der Waals surface area contributed by atoms with Crippen molar-refractivity contribution in [2.24, 2.45) is 4.99 Å². The molecule has 2 aromatic carbocycles. The fourth-order valence-electron chi connectivity index (χ4n) is 1.58. The fraction of sp³-hybridized carbons (Fsp3) is 0.0714. The normalized spacial score (nSPS) is 9.41. The zero-order valence-electron chi connectivity index (χ0n) is 9.17. The first kappa shape index (κ1) is 11.5. The lowest BCUT2D eigenvalue weighted by Crippen LogP contribution is -1.95. The van der Waals surface area contributed by atoms with Gasteiger partial charge in [-0.3, -0.25) is 0 Å². The third-order valence-corrected chi connectivity index (χ3v) is 2.45. The molecule has 0 saturated carbocycles. The van der Waals surface area contributed by atoms with Crippen molar-refractivity contribution in [3.63, 3.8) is 0 Å². The largest absolute Gasteiger partial charge is 0.470 e.